The number of nitrogens with one attached hydrogen (secondary N) is 2. The van der Waals surface area contributed by atoms with Crippen LogP contribution in [0.4, 0.5) is 0 Å². The van der Waals surface area contributed by atoms with E-state index in [1.807, 2.05) is 36.1 Å². The van der Waals surface area contributed by atoms with Crippen LogP contribution in [0.25, 0.3) is 5.70 Å². The Morgan fingerprint density at radius 3 is 2.69 bits per heavy atom. The van der Waals surface area contributed by atoms with Crippen LogP contribution in [0, 0.1) is 12.3 Å². The maximum Gasteiger partial charge on any atom is 0.242 e. The summed E-state index contributed by atoms with van der Waals surface area (Å²) < 4.78 is 5.36. The molecule has 2 atom stereocenters. The normalized spacial score (nSPS) is 19.4. The van der Waals surface area contributed by atoms with Crippen LogP contribution in [-0.4, -0.2) is 43.1 Å². The van der Waals surface area contributed by atoms with E-state index < -0.39 is 0 Å². The molecule has 1 aliphatic carbocycles. The van der Waals surface area contributed by atoms with Crippen molar-refractivity contribution < 1.29 is 9.53 Å². The van der Waals surface area contributed by atoms with E-state index in [9.17, 15) is 4.79 Å². The Kier molecular flexibility index (Phi) is 6.87. The fraction of sp³-hybridized carbons (Fsp3) is 0.458. The topological polar surface area (TPSA) is 53.6 Å². The molecule has 5 nitrogen and oxygen atoms in total. The van der Waals surface area contributed by atoms with Crippen LogP contribution >= 0.6 is 0 Å². The maximum atomic E-state index is 12.8. The van der Waals surface area contributed by atoms with Gasteiger partial charge in [-0.1, -0.05) is 24.1 Å². The van der Waals surface area contributed by atoms with Gasteiger partial charge in [-0.3, -0.25) is 4.79 Å². The Balaban J connectivity index is 1.61. The molecule has 1 aromatic carbocycles. The molecule has 1 saturated carbocycles. The zero-order chi connectivity index (χ0) is 20.8. The van der Waals surface area contributed by atoms with E-state index in [0.29, 0.717) is 0 Å². The van der Waals surface area contributed by atoms with Crippen molar-refractivity contribution in [2.24, 2.45) is 0 Å². The molecule has 2 fully saturated rings. The fourth-order valence-corrected chi connectivity index (χ4v) is 3.93. The van der Waals surface area contributed by atoms with Gasteiger partial charge in [-0.2, -0.15) is 0 Å². The van der Waals surface area contributed by atoms with E-state index in [0.717, 1.165) is 54.9 Å². The molecule has 0 aromatic heterocycles. The second-order valence-corrected chi connectivity index (χ2v) is 7.64. The van der Waals surface area contributed by atoms with Crippen molar-refractivity contribution in [2.75, 3.05) is 20.2 Å². The lowest BCUT2D eigenvalue weighted by Crippen LogP contribution is -2.49. The van der Waals surface area contributed by atoms with Crippen molar-refractivity contribution in [3.8, 4) is 12.3 Å². The molecule has 1 aliphatic heterocycles. The standard InChI is InChI=1S/C24H31N3O2/c1-5-18-9-11-19(12-10-18)21(6-2)26-17(3)22-8-7-15-27(22)23(28)16-25-24(29-4)20-13-14-20/h1,6,9-12,17,22,25-26H,7-8,13-16H2,2-4H3/b21-6-/t17?,22-/m0/s1. The Labute approximate surface area is 174 Å². The summed E-state index contributed by atoms with van der Waals surface area (Å²) in [6, 6.07) is 8.27. The number of amides is 1. The van der Waals surface area contributed by atoms with E-state index in [2.05, 4.69) is 29.6 Å². The van der Waals surface area contributed by atoms with Crippen LogP contribution in [0.1, 0.15) is 50.7 Å². The lowest BCUT2D eigenvalue weighted by atomic mass is 10.0. The third-order valence-electron chi connectivity index (χ3n) is 5.66. The zero-order valence-electron chi connectivity index (χ0n) is 17.6. The summed E-state index contributed by atoms with van der Waals surface area (Å²) in [5, 5.41) is 6.79. The highest BCUT2D eigenvalue weighted by Crippen LogP contribution is 2.30. The minimum atomic E-state index is 0.123. The Morgan fingerprint density at radius 2 is 2.10 bits per heavy atom. The van der Waals surface area contributed by atoms with E-state index in [1.165, 1.54) is 5.57 Å². The first kappa shape index (κ1) is 20.9. The number of likely N-dealkylation sites (tertiary alicyclic amines) is 1. The highest BCUT2D eigenvalue weighted by molar-refractivity contribution is 5.79. The zero-order valence-corrected chi connectivity index (χ0v) is 17.6. The van der Waals surface area contributed by atoms with Crippen LogP contribution in [0.3, 0.4) is 0 Å². The molecule has 2 aliphatic rings. The number of terminal acetylenes is 1. The summed E-state index contributed by atoms with van der Waals surface area (Å²) in [6.07, 6.45) is 11.7. The maximum absolute atomic E-state index is 12.8. The second kappa shape index (κ2) is 9.56. The van der Waals surface area contributed by atoms with Gasteiger partial charge < -0.3 is 20.3 Å². The van der Waals surface area contributed by atoms with Crippen molar-refractivity contribution in [1.29, 1.82) is 0 Å². The Hall–Kier alpha value is -2.87. The van der Waals surface area contributed by atoms with E-state index in [-0.39, 0.29) is 24.5 Å². The van der Waals surface area contributed by atoms with Gasteiger partial charge in [-0.25, -0.2) is 0 Å². The molecule has 5 heteroatoms. The number of methoxy groups -OCH3 is 1. The fourth-order valence-electron chi connectivity index (χ4n) is 3.93. The molecule has 29 heavy (non-hydrogen) atoms. The lowest BCUT2D eigenvalue weighted by Gasteiger charge is -2.31. The first-order valence-electron chi connectivity index (χ1n) is 10.4. The first-order chi connectivity index (χ1) is 14.1. The van der Waals surface area contributed by atoms with E-state index in [1.54, 1.807) is 7.11 Å². The SMILES string of the molecule is C#Cc1ccc(/C(=C/C)NC(C)[C@@H]2CCCN2C(=O)CNC(OC)=C2CC2)cc1. The van der Waals surface area contributed by atoms with Crippen molar-refractivity contribution in [3.63, 3.8) is 0 Å². The van der Waals surface area contributed by atoms with Gasteiger partial charge in [0.05, 0.1) is 19.7 Å². The molecule has 0 radical (unpaired) electrons. The number of rotatable bonds is 8. The van der Waals surface area contributed by atoms with Gasteiger partial charge in [0.1, 0.15) is 0 Å². The molecule has 2 N–H and O–H groups in total. The van der Waals surface area contributed by atoms with Crippen molar-refractivity contribution in [1.82, 2.24) is 15.5 Å². The number of carbonyl (C=O) groups excluding carboxylic acids is 1. The number of carbonyl (C=O) groups is 1. The van der Waals surface area contributed by atoms with Gasteiger partial charge in [0.25, 0.3) is 0 Å². The van der Waals surface area contributed by atoms with Crippen LogP contribution < -0.4 is 10.6 Å². The molecule has 0 bridgehead atoms. The number of allylic oxidation sites excluding steroid dienone is 2. The van der Waals surface area contributed by atoms with Crippen LogP contribution in [0.15, 0.2) is 41.8 Å². The van der Waals surface area contributed by atoms with Gasteiger partial charge >= 0.3 is 0 Å². The minimum absolute atomic E-state index is 0.123. The summed E-state index contributed by atoms with van der Waals surface area (Å²) >= 11 is 0. The molecular weight excluding hydrogens is 362 g/mol. The minimum Gasteiger partial charge on any atom is -0.483 e. The quantitative estimate of drug-likeness (QED) is 0.526. The molecule has 154 valence electrons. The monoisotopic (exact) mass is 393 g/mol. The van der Waals surface area contributed by atoms with Gasteiger partial charge in [0.2, 0.25) is 5.91 Å². The number of ether oxygens (including phenoxy) is 1. The number of nitrogens with zero attached hydrogens (tertiary/aromatic N) is 1. The molecular formula is C24H31N3O2. The third kappa shape index (κ3) is 5.14. The number of hydrogen-bond donors (Lipinski definition) is 2. The average molecular weight is 394 g/mol. The van der Waals surface area contributed by atoms with Gasteiger partial charge in [0.15, 0.2) is 5.88 Å². The lowest BCUT2D eigenvalue weighted by molar-refractivity contribution is -0.131. The summed E-state index contributed by atoms with van der Waals surface area (Å²) in [5.41, 5.74) is 4.28. The summed E-state index contributed by atoms with van der Waals surface area (Å²) in [5.74, 6) is 3.54. The largest absolute Gasteiger partial charge is 0.483 e. The molecule has 1 saturated heterocycles. The molecule has 1 amide bonds. The highest BCUT2D eigenvalue weighted by Gasteiger charge is 2.33. The molecule has 1 heterocycles. The van der Waals surface area contributed by atoms with Gasteiger partial charge in [0, 0.05) is 23.8 Å². The number of benzene rings is 1. The van der Waals surface area contributed by atoms with Gasteiger partial charge in [-0.05, 0) is 62.8 Å². The Bertz CT molecular complexity index is 827. The van der Waals surface area contributed by atoms with Gasteiger partial charge in [-0.15, -0.1) is 6.42 Å². The van der Waals surface area contributed by atoms with E-state index >= 15 is 0 Å². The third-order valence-corrected chi connectivity index (χ3v) is 5.66. The van der Waals surface area contributed by atoms with Crippen LogP contribution in [0.2, 0.25) is 0 Å². The highest BCUT2D eigenvalue weighted by atomic mass is 16.5. The second-order valence-electron chi connectivity index (χ2n) is 7.64. The molecule has 1 aromatic rings. The number of hydrogen-bond acceptors (Lipinski definition) is 4. The van der Waals surface area contributed by atoms with Crippen LogP contribution in [0.5, 0.6) is 0 Å². The van der Waals surface area contributed by atoms with Crippen molar-refractivity contribution in [2.45, 2.75) is 51.6 Å². The smallest absolute Gasteiger partial charge is 0.242 e. The van der Waals surface area contributed by atoms with E-state index in [4.69, 9.17) is 11.2 Å². The van der Waals surface area contributed by atoms with Crippen molar-refractivity contribution >= 4 is 11.6 Å². The summed E-state index contributed by atoms with van der Waals surface area (Å²) in [6.45, 7) is 5.25. The average Bonchev–Trinajstić information content (AvgIpc) is 3.47. The molecule has 1 unspecified atom stereocenters. The predicted octanol–water partition coefficient (Wildman–Crippen LogP) is 3.24. The van der Waals surface area contributed by atoms with Crippen LogP contribution in [-0.2, 0) is 9.53 Å². The molecule has 3 rings (SSSR count). The first-order valence-corrected chi connectivity index (χ1v) is 10.4. The summed E-state index contributed by atoms with van der Waals surface area (Å²) in [7, 11) is 1.65. The molecule has 0 spiro atoms. The Morgan fingerprint density at radius 1 is 1.38 bits per heavy atom. The predicted molar refractivity (Wildman–Crippen MR) is 117 cm³/mol. The van der Waals surface area contributed by atoms with Crippen molar-refractivity contribution in [3.05, 3.63) is 52.9 Å². The summed E-state index contributed by atoms with van der Waals surface area (Å²) in [4.78, 5) is 14.8.